The Morgan fingerprint density at radius 1 is 1.50 bits per heavy atom. The number of nitrogens with zero attached hydrogens (tertiary/aromatic N) is 2. The Morgan fingerprint density at radius 3 is 2.88 bits per heavy atom. The smallest absolute Gasteiger partial charge is 0.126 e. The molecule has 0 radical (unpaired) electrons. The van der Waals surface area contributed by atoms with Crippen molar-refractivity contribution in [1.29, 1.82) is 5.26 Å². The highest BCUT2D eigenvalue weighted by molar-refractivity contribution is 6.36. The summed E-state index contributed by atoms with van der Waals surface area (Å²) in [5, 5.41) is 12.6. The molecule has 0 aliphatic heterocycles. The summed E-state index contributed by atoms with van der Waals surface area (Å²) in [4.78, 5) is 4.00. The topological polar surface area (TPSA) is 48.7 Å². The van der Waals surface area contributed by atoms with Crippen molar-refractivity contribution >= 4 is 28.2 Å². The molecule has 80 valence electrons. The Hall–Kier alpha value is -1.86. The monoisotopic (exact) mass is 235 g/mol. The SMILES string of the molecule is CNc1c(C#N)cnc2cc(F)cc(Cl)c12. The van der Waals surface area contributed by atoms with Crippen LogP contribution in [0.25, 0.3) is 10.9 Å². The van der Waals surface area contributed by atoms with Gasteiger partial charge in [0.2, 0.25) is 0 Å². The van der Waals surface area contributed by atoms with Gasteiger partial charge in [0.1, 0.15) is 11.9 Å². The first-order valence-corrected chi connectivity index (χ1v) is 4.90. The van der Waals surface area contributed by atoms with Crippen molar-refractivity contribution in [2.24, 2.45) is 0 Å². The summed E-state index contributed by atoms with van der Waals surface area (Å²) in [7, 11) is 1.68. The van der Waals surface area contributed by atoms with Crippen LogP contribution in [0, 0.1) is 17.1 Å². The van der Waals surface area contributed by atoms with Crippen molar-refractivity contribution in [1.82, 2.24) is 4.98 Å². The van der Waals surface area contributed by atoms with Crippen LogP contribution in [0.15, 0.2) is 18.3 Å². The molecule has 1 aromatic heterocycles. The number of halogens is 2. The zero-order chi connectivity index (χ0) is 11.7. The molecule has 0 saturated carbocycles. The van der Waals surface area contributed by atoms with E-state index < -0.39 is 5.82 Å². The number of hydrogen-bond donors (Lipinski definition) is 1. The molecule has 1 N–H and O–H groups in total. The molecule has 2 aromatic rings. The van der Waals surface area contributed by atoms with Crippen molar-refractivity contribution in [2.75, 3.05) is 12.4 Å². The van der Waals surface area contributed by atoms with Crippen molar-refractivity contribution in [2.45, 2.75) is 0 Å². The summed E-state index contributed by atoms with van der Waals surface area (Å²) in [6, 6.07) is 4.49. The van der Waals surface area contributed by atoms with Crippen LogP contribution in [0.2, 0.25) is 5.02 Å². The molecule has 0 aliphatic rings. The van der Waals surface area contributed by atoms with Crippen LogP contribution in [0.3, 0.4) is 0 Å². The number of anilines is 1. The number of nitrogens with one attached hydrogen (secondary N) is 1. The maximum absolute atomic E-state index is 13.1. The van der Waals surface area contributed by atoms with Gasteiger partial charge in [-0.3, -0.25) is 4.98 Å². The largest absolute Gasteiger partial charge is 0.386 e. The lowest BCUT2D eigenvalue weighted by Gasteiger charge is -2.08. The number of hydrogen-bond acceptors (Lipinski definition) is 3. The van der Waals surface area contributed by atoms with Crippen LogP contribution in [-0.4, -0.2) is 12.0 Å². The highest BCUT2D eigenvalue weighted by Gasteiger charge is 2.11. The van der Waals surface area contributed by atoms with Crippen molar-refractivity contribution in [3.05, 3.63) is 34.7 Å². The molecule has 1 heterocycles. The van der Waals surface area contributed by atoms with Crippen molar-refractivity contribution < 1.29 is 4.39 Å². The van der Waals surface area contributed by atoms with Gasteiger partial charge in [-0.2, -0.15) is 5.26 Å². The average molecular weight is 236 g/mol. The average Bonchev–Trinajstić information content (AvgIpc) is 2.27. The van der Waals surface area contributed by atoms with E-state index in [0.29, 0.717) is 22.2 Å². The fourth-order valence-electron chi connectivity index (χ4n) is 1.59. The molecule has 0 fully saturated rings. The van der Waals surface area contributed by atoms with E-state index in [-0.39, 0.29) is 5.02 Å². The third-order valence-electron chi connectivity index (χ3n) is 2.26. The Kier molecular flexibility index (Phi) is 2.63. The molecule has 0 spiro atoms. The normalized spacial score (nSPS) is 10.1. The summed E-state index contributed by atoms with van der Waals surface area (Å²) in [6.07, 6.45) is 1.39. The van der Waals surface area contributed by atoms with E-state index in [9.17, 15) is 4.39 Å². The summed E-state index contributed by atoms with van der Waals surface area (Å²) in [5.74, 6) is -0.447. The molecule has 0 amide bonds. The second kappa shape index (κ2) is 3.95. The lowest BCUT2D eigenvalue weighted by Crippen LogP contribution is -1.96. The third-order valence-corrected chi connectivity index (χ3v) is 2.55. The van der Waals surface area contributed by atoms with Crippen LogP contribution >= 0.6 is 11.6 Å². The summed E-state index contributed by atoms with van der Waals surface area (Å²) < 4.78 is 13.1. The molecule has 0 saturated heterocycles. The van der Waals surface area contributed by atoms with Crippen LogP contribution in [0.4, 0.5) is 10.1 Å². The number of benzene rings is 1. The minimum atomic E-state index is -0.447. The van der Waals surface area contributed by atoms with E-state index in [1.807, 2.05) is 6.07 Å². The first-order chi connectivity index (χ1) is 7.67. The standard InChI is InChI=1S/C11H7ClFN3/c1-15-11-6(4-14)5-16-9-3-7(13)2-8(12)10(9)11/h2-3,5H,1H3,(H,15,16). The van der Waals surface area contributed by atoms with Gasteiger partial charge in [0.15, 0.2) is 0 Å². The van der Waals surface area contributed by atoms with Gasteiger partial charge in [0, 0.05) is 24.7 Å². The summed E-state index contributed by atoms with van der Waals surface area (Å²) in [6.45, 7) is 0. The van der Waals surface area contributed by atoms with E-state index in [0.717, 1.165) is 0 Å². The molecule has 5 heteroatoms. The number of fused-ring (bicyclic) bond motifs is 1. The van der Waals surface area contributed by atoms with Gasteiger partial charge in [-0.1, -0.05) is 11.6 Å². The highest BCUT2D eigenvalue weighted by atomic mass is 35.5. The van der Waals surface area contributed by atoms with E-state index in [2.05, 4.69) is 10.3 Å². The van der Waals surface area contributed by atoms with Gasteiger partial charge in [0.05, 0.1) is 21.8 Å². The highest BCUT2D eigenvalue weighted by Crippen LogP contribution is 2.32. The predicted molar refractivity (Wildman–Crippen MR) is 61.0 cm³/mol. The van der Waals surface area contributed by atoms with Gasteiger partial charge in [-0.25, -0.2) is 4.39 Å². The summed E-state index contributed by atoms with van der Waals surface area (Å²) >= 11 is 5.95. The number of pyridine rings is 1. The fourth-order valence-corrected chi connectivity index (χ4v) is 1.88. The first-order valence-electron chi connectivity index (χ1n) is 4.53. The molecule has 0 aliphatic carbocycles. The minimum absolute atomic E-state index is 0.240. The van der Waals surface area contributed by atoms with Gasteiger partial charge < -0.3 is 5.32 Å². The van der Waals surface area contributed by atoms with Crippen LogP contribution in [0.1, 0.15) is 5.56 Å². The second-order valence-corrected chi connectivity index (χ2v) is 3.60. The Balaban J connectivity index is 2.93. The molecule has 1 aromatic carbocycles. The number of aromatic nitrogens is 1. The minimum Gasteiger partial charge on any atom is -0.386 e. The quantitative estimate of drug-likeness (QED) is 0.827. The lowest BCUT2D eigenvalue weighted by atomic mass is 10.1. The molecule has 3 nitrogen and oxygen atoms in total. The summed E-state index contributed by atoms with van der Waals surface area (Å²) in [5.41, 5.74) is 1.37. The molecule has 0 bridgehead atoms. The Morgan fingerprint density at radius 2 is 2.25 bits per heavy atom. The maximum Gasteiger partial charge on any atom is 0.126 e. The second-order valence-electron chi connectivity index (χ2n) is 3.19. The Labute approximate surface area is 96.5 Å². The van der Waals surface area contributed by atoms with Gasteiger partial charge in [0.25, 0.3) is 0 Å². The zero-order valence-electron chi connectivity index (χ0n) is 8.38. The van der Waals surface area contributed by atoms with Crippen molar-refractivity contribution in [3.8, 4) is 6.07 Å². The fraction of sp³-hybridized carbons (Fsp3) is 0.0909. The van der Waals surface area contributed by atoms with E-state index >= 15 is 0 Å². The maximum atomic E-state index is 13.1. The molecule has 0 unspecified atom stereocenters. The van der Waals surface area contributed by atoms with E-state index in [1.54, 1.807) is 7.05 Å². The molecule has 16 heavy (non-hydrogen) atoms. The first kappa shape index (κ1) is 10.7. The van der Waals surface area contributed by atoms with Crippen LogP contribution in [-0.2, 0) is 0 Å². The van der Waals surface area contributed by atoms with Gasteiger partial charge in [-0.05, 0) is 6.07 Å². The van der Waals surface area contributed by atoms with E-state index in [4.69, 9.17) is 16.9 Å². The molecular formula is C11H7ClFN3. The van der Waals surface area contributed by atoms with Crippen LogP contribution in [0.5, 0.6) is 0 Å². The zero-order valence-corrected chi connectivity index (χ0v) is 9.14. The molecule has 2 rings (SSSR count). The van der Waals surface area contributed by atoms with Gasteiger partial charge >= 0.3 is 0 Å². The number of rotatable bonds is 1. The molecular weight excluding hydrogens is 229 g/mol. The lowest BCUT2D eigenvalue weighted by molar-refractivity contribution is 0.629. The number of nitriles is 1. The van der Waals surface area contributed by atoms with Crippen molar-refractivity contribution in [3.63, 3.8) is 0 Å². The van der Waals surface area contributed by atoms with E-state index in [1.165, 1.54) is 18.3 Å². The molecule has 0 atom stereocenters. The Bertz CT molecular complexity index is 604. The predicted octanol–water partition coefficient (Wildman–Crippen LogP) is 2.94. The van der Waals surface area contributed by atoms with Gasteiger partial charge in [-0.15, -0.1) is 0 Å². The third kappa shape index (κ3) is 1.55. The van der Waals surface area contributed by atoms with Crippen LogP contribution < -0.4 is 5.32 Å².